The summed E-state index contributed by atoms with van der Waals surface area (Å²) in [4.78, 5) is 11.3. The van der Waals surface area contributed by atoms with Crippen LogP contribution in [0.5, 0.6) is 0 Å². The van der Waals surface area contributed by atoms with Crippen LogP contribution >= 0.6 is 0 Å². The molecule has 0 aliphatic rings. The monoisotopic (exact) mass is 196 g/mol. The van der Waals surface area contributed by atoms with Gasteiger partial charge in [-0.1, -0.05) is 26.2 Å². The summed E-state index contributed by atoms with van der Waals surface area (Å²) in [5.74, 6) is -0.694. The average molecular weight is 196 g/mol. The zero-order chi connectivity index (χ0) is 11.0. The van der Waals surface area contributed by atoms with Gasteiger partial charge in [-0.3, -0.25) is 4.79 Å². The number of nitrogens with zero attached hydrogens (tertiary/aromatic N) is 1. The number of amides is 1. The van der Waals surface area contributed by atoms with Gasteiger partial charge >= 0.3 is 0 Å². The van der Waals surface area contributed by atoms with Crippen molar-refractivity contribution in [1.29, 1.82) is 5.26 Å². The molecule has 0 saturated heterocycles. The van der Waals surface area contributed by atoms with Crippen molar-refractivity contribution in [2.24, 2.45) is 5.92 Å². The first kappa shape index (κ1) is 13.0. The maximum Gasteiger partial charge on any atom is 0.237 e. The highest BCUT2D eigenvalue weighted by Crippen LogP contribution is 2.03. The molecule has 80 valence electrons. The van der Waals surface area contributed by atoms with Crippen molar-refractivity contribution < 1.29 is 4.79 Å². The molecule has 2 atom stereocenters. The second-order valence-corrected chi connectivity index (χ2v) is 3.76. The summed E-state index contributed by atoms with van der Waals surface area (Å²) in [6, 6.07) is 2.11. The molecule has 0 fully saturated rings. The highest BCUT2D eigenvalue weighted by atomic mass is 16.1. The number of nitriles is 1. The van der Waals surface area contributed by atoms with Crippen LogP contribution in [-0.2, 0) is 4.79 Å². The topological polar surface area (TPSA) is 52.9 Å². The maximum absolute atomic E-state index is 11.3. The van der Waals surface area contributed by atoms with E-state index in [4.69, 9.17) is 5.26 Å². The maximum atomic E-state index is 11.3. The zero-order valence-electron chi connectivity index (χ0n) is 9.34. The van der Waals surface area contributed by atoms with Gasteiger partial charge in [0.1, 0.15) is 5.92 Å². The molecule has 0 spiro atoms. The van der Waals surface area contributed by atoms with E-state index in [1.807, 2.05) is 13.0 Å². The highest BCUT2D eigenvalue weighted by molar-refractivity contribution is 5.80. The van der Waals surface area contributed by atoms with Crippen LogP contribution in [0.15, 0.2) is 0 Å². The number of carbonyl (C=O) groups excluding carboxylic acids is 1. The summed E-state index contributed by atoms with van der Waals surface area (Å²) in [6.45, 7) is 5.76. The Labute approximate surface area is 86.5 Å². The Morgan fingerprint density at radius 1 is 1.43 bits per heavy atom. The largest absolute Gasteiger partial charge is 0.353 e. The lowest BCUT2D eigenvalue weighted by Gasteiger charge is -2.14. The van der Waals surface area contributed by atoms with Crippen molar-refractivity contribution in [2.45, 2.75) is 52.5 Å². The van der Waals surface area contributed by atoms with Gasteiger partial charge in [0, 0.05) is 6.04 Å². The minimum absolute atomic E-state index is 0.156. The average Bonchev–Trinajstić information content (AvgIpc) is 2.16. The van der Waals surface area contributed by atoms with Crippen molar-refractivity contribution in [3.63, 3.8) is 0 Å². The fourth-order valence-corrected chi connectivity index (χ4v) is 1.20. The molecule has 0 saturated carbocycles. The molecule has 3 nitrogen and oxygen atoms in total. The van der Waals surface area contributed by atoms with Crippen LogP contribution in [-0.4, -0.2) is 11.9 Å². The Kier molecular flexibility index (Phi) is 6.82. The van der Waals surface area contributed by atoms with E-state index in [-0.39, 0.29) is 11.9 Å². The molecule has 0 heterocycles. The predicted molar refractivity (Wildman–Crippen MR) is 56.5 cm³/mol. The first-order valence-corrected chi connectivity index (χ1v) is 5.31. The number of carbonyl (C=O) groups is 1. The molecule has 0 rings (SSSR count). The SMILES string of the molecule is CCCCCC(C)NC(=O)C(C)C#N. The second-order valence-electron chi connectivity index (χ2n) is 3.76. The number of unbranched alkanes of at least 4 members (excludes halogenated alkanes) is 2. The Balaban J connectivity index is 3.67. The molecule has 0 aromatic heterocycles. The van der Waals surface area contributed by atoms with Gasteiger partial charge in [-0.25, -0.2) is 0 Å². The lowest BCUT2D eigenvalue weighted by atomic mass is 10.1. The molecule has 0 aliphatic heterocycles. The summed E-state index contributed by atoms with van der Waals surface area (Å²) in [5.41, 5.74) is 0. The van der Waals surface area contributed by atoms with Gasteiger partial charge in [0.05, 0.1) is 6.07 Å². The Bertz CT molecular complexity index is 208. The van der Waals surface area contributed by atoms with Crippen molar-refractivity contribution in [3.05, 3.63) is 0 Å². The summed E-state index contributed by atoms with van der Waals surface area (Å²) < 4.78 is 0. The van der Waals surface area contributed by atoms with Crippen LogP contribution in [0.3, 0.4) is 0 Å². The van der Waals surface area contributed by atoms with Gasteiger partial charge in [0.2, 0.25) is 5.91 Å². The quantitative estimate of drug-likeness (QED) is 0.662. The van der Waals surface area contributed by atoms with Crippen LogP contribution in [0.1, 0.15) is 46.5 Å². The normalized spacial score (nSPS) is 14.1. The number of hydrogen-bond acceptors (Lipinski definition) is 2. The minimum atomic E-state index is -0.538. The Hall–Kier alpha value is -1.04. The lowest BCUT2D eigenvalue weighted by molar-refractivity contribution is -0.123. The Morgan fingerprint density at radius 3 is 2.57 bits per heavy atom. The van der Waals surface area contributed by atoms with Gasteiger partial charge in [-0.15, -0.1) is 0 Å². The molecule has 1 N–H and O–H groups in total. The number of rotatable bonds is 6. The van der Waals surface area contributed by atoms with E-state index < -0.39 is 5.92 Å². The molecule has 2 unspecified atom stereocenters. The molecule has 0 aromatic rings. The summed E-state index contributed by atoms with van der Waals surface area (Å²) in [7, 11) is 0. The summed E-state index contributed by atoms with van der Waals surface area (Å²) in [6.07, 6.45) is 4.53. The van der Waals surface area contributed by atoms with E-state index in [1.165, 1.54) is 12.8 Å². The first-order valence-electron chi connectivity index (χ1n) is 5.31. The van der Waals surface area contributed by atoms with Crippen LogP contribution in [0.4, 0.5) is 0 Å². The molecule has 0 radical (unpaired) electrons. The standard InChI is InChI=1S/C11H20N2O/c1-4-5-6-7-10(3)13-11(14)9(2)8-12/h9-10H,4-7H2,1-3H3,(H,13,14). The number of hydrogen-bond donors (Lipinski definition) is 1. The minimum Gasteiger partial charge on any atom is -0.353 e. The zero-order valence-corrected chi connectivity index (χ0v) is 9.34. The van der Waals surface area contributed by atoms with E-state index in [2.05, 4.69) is 12.2 Å². The molecular weight excluding hydrogens is 176 g/mol. The fourth-order valence-electron chi connectivity index (χ4n) is 1.20. The molecule has 14 heavy (non-hydrogen) atoms. The number of nitrogens with one attached hydrogen (secondary N) is 1. The van der Waals surface area contributed by atoms with E-state index in [9.17, 15) is 4.79 Å². The fraction of sp³-hybridized carbons (Fsp3) is 0.818. The second kappa shape index (κ2) is 7.37. The Morgan fingerprint density at radius 2 is 2.07 bits per heavy atom. The summed E-state index contributed by atoms with van der Waals surface area (Å²) >= 11 is 0. The van der Waals surface area contributed by atoms with Gasteiger partial charge in [0.15, 0.2) is 0 Å². The van der Waals surface area contributed by atoms with Crippen LogP contribution in [0.25, 0.3) is 0 Å². The van der Waals surface area contributed by atoms with Crippen LogP contribution < -0.4 is 5.32 Å². The third kappa shape index (κ3) is 5.58. The third-order valence-corrected chi connectivity index (χ3v) is 2.22. The predicted octanol–water partition coefficient (Wildman–Crippen LogP) is 2.23. The van der Waals surface area contributed by atoms with Gasteiger partial charge in [-0.2, -0.15) is 5.26 Å². The van der Waals surface area contributed by atoms with Gasteiger partial charge < -0.3 is 5.32 Å². The molecule has 1 amide bonds. The molecule has 0 aromatic carbocycles. The van der Waals surface area contributed by atoms with Crippen molar-refractivity contribution >= 4 is 5.91 Å². The van der Waals surface area contributed by atoms with Crippen LogP contribution in [0, 0.1) is 17.2 Å². The van der Waals surface area contributed by atoms with E-state index in [0.29, 0.717) is 0 Å². The smallest absolute Gasteiger partial charge is 0.237 e. The molecule has 0 aliphatic carbocycles. The molecule has 0 bridgehead atoms. The van der Waals surface area contributed by atoms with Gasteiger partial charge in [0.25, 0.3) is 0 Å². The van der Waals surface area contributed by atoms with E-state index in [0.717, 1.165) is 12.8 Å². The molecular formula is C11H20N2O. The van der Waals surface area contributed by atoms with Gasteiger partial charge in [-0.05, 0) is 20.3 Å². The lowest BCUT2D eigenvalue weighted by Crippen LogP contribution is -2.35. The first-order chi connectivity index (χ1) is 6.61. The van der Waals surface area contributed by atoms with E-state index >= 15 is 0 Å². The summed E-state index contributed by atoms with van der Waals surface area (Å²) in [5, 5.41) is 11.3. The van der Waals surface area contributed by atoms with Crippen molar-refractivity contribution in [1.82, 2.24) is 5.32 Å². The molecule has 3 heteroatoms. The van der Waals surface area contributed by atoms with Crippen molar-refractivity contribution in [3.8, 4) is 6.07 Å². The highest BCUT2D eigenvalue weighted by Gasteiger charge is 2.13. The van der Waals surface area contributed by atoms with Crippen molar-refractivity contribution in [2.75, 3.05) is 0 Å². The van der Waals surface area contributed by atoms with E-state index in [1.54, 1.807) is 6.92 Å². The van der Waals surface area contributed by atoms with Crippen LogP contribution in [0.2, 0.25) is 0 Å². The third-order valence-electron chi connectivity index (χ3n) is 2.22.